The van der Waals surface area contributed by atoms with Crippen LogP contribution < -0.4 is 0 Å². The van der Waals surface area contributed by atoms with Crippen LogP contribution in [0.5, 0.6) is 0 Å². The Morgan fingerprint density at radius 2 is 2.30 bits per heavy atom. The van der Waals surface area contributed by atoms with Gasteiger partial charge >= 0.3 is 0 Å². The maximum atomic E-state index is 10.4. The zero-order chi connectivity index (χ0) is 7.98. The van der Waals surface area contributed by atoms with Crippen LogP contribution in [-0.2, 0) is 9.59 Å². The molecule has 4 heteroatoms. The van der Waals surface area contributed by atoms with Crippen LogP contribution in [0.4, 0.5) is 0 Å². The Morgan fingerprint density at radius 1 is 1.70 bits per heavy atom. The molecule has 0 saturated carbocycles. The number of nitrogens with zero attached hydrogens (tertiary/aromatic N) is 1. The highest BCUT2D eigenvalue weighted by atomic mass is 32.2. The van der Waals surface area contributed by atoms with Gasteiger partial charge in [0.1, 0.15) is 0 Å². The summed E-state index contributed by atoms with van der Waals surface area (Å²) in [6, 6.07) is 0. The topological polar surface area (TPSA) is 37.4 Å². The van der Waals surface area contributed by atoms with Crippen LogP contribution in [0.3, 0.4) is 0 Å². The Bertz CT molecular complexity index is 127. The second-order valence-electron chi connectivity index (χ2n) is 1.93. The van der Waals surface area contributed by atoms with Crippen molar-refractivity contribution in [2.24, 2.45) is 0 Å². The fraction of sp³-hybridized carbons (Fsp3) is 0.667. The highest BCUT2D eigenvalue weighted by Crippen LogP contribution is 1.99. The van der Waals surface area contributed by atoms with Crippen molar-refractivity contribution in [3.63, 3.8) is 0 Å². The molecule has 0 aromatic rings. The quantitative estimate of drug-likeness (QED) is 0.558. The lowest BCUT2D eigenvalue weighted by atomic mass is 10.7. The van der Waals surface area contributed by atoms with E-state index < -0.39 is 0 Å². The van der Waals surface area contributed by atoms with Gasteiger partial charge in [0.15, 0.2) is 5.12 Å². The molecule has 0 bridgehead atoms. The van der Waals surface area contributed by atoms with E-state index in [1.54, 1.807) is 7.05 Å². The first-order chi connectivity index (χ1) is 4.66. The molecule has 0 atom stereocenters. The number of amides is 1. The summed E-state index contributed by atoms with van der Waals surface area (Å²) in [6.07, 6.45) is 0.751. The molecule has 0 saturated heterocycles. The van der Waals surface area contributed by atoms with E-state index in [0.29, 0.717) is 12.3 Å². The van der Waals surface area contributed by atoms with Gasteiger partial charge in [0.05, 0.1) is 0 Å². The monoisotopic (exact) mass is 161 g/mol. The third-order valence-electron chi connectivity index (χ3n) is 0.929. The first-order valence-electron chi connectivity index (χ1n) is 2.95. The molecular weight excluding hydrogens is 150 g/mol. The molecule has 0 rings (SSSR count). The maximum absolute atomic E-state index is 10.4. The minimum Gasteiger partial charge on any atom is -0.347 e. The Balaban J connectivity index is 3.19. The molecule has 0 radical (unpaired) electrons. The number of hydrogen-bond acceptors (Lipinski definition) is 3. The van der Waals surface area contributed by atoms with Gasteiger partial charge in [-0.15, -0.1) is 0 Å². The highest BCUT2D eigenvalue weighted by molar-refractivity contribution is 8.13. The van der Waals surface area contributed by atoms with Crippen molar-refractivity contribution in [1.82, 2.24) is 4.90 Å². The lowest BCUT2D eigenvalue weighted by Crippen LogP contribution is -2.19. The standard InChI is InChI=1S/C6H11NO2S/c1-6(9)10-4-3-7(2)5-8/h5H,3-4H2,1-2H3. The molecule has 0 fully saturated rings. The van der Waals surface area contributed by atoms with Gasteiger partial charge in [-0.3, -0.25) is 9.59 Å². The molecule has 10 heavy (non-hydrogen) atoms. The van der Waals surface area contributed by atoms with Crippen LogP contribution in [0.15, 0.2) is 0 Å². The summed E-state index contributed by atoms with van der Waals surface area (Å²) in [4.78, 5) is 21.9. The summed E-state index contributed by atoms with van der Waals surface area (Å²) in [5.74, 6) is 0.685. The van der Waals surface area contributed by atoms with Gasteiger partial charge < -0.3 is 4.90 Å². The van der Waals surface area contributed by atoms with Crippen LogP contribution in [0, 0.1) is 0 Å². The van der Waals surface area contributed by atoms with Gasteiger partial charge in [0.25, 0.3) is 0 Å². The summed E-state index contributed by atoms with van der Waals surface area (Å²) in [5, 5.41) is 0.0966. The lowest BCUT2D eigenvalue weighted by molar-refractivity contribution is -0.116. The molecule has 0 aliphatic rings. The normalized spacial score (nSPS) is 9.00. The van der Waals surface area contributed by atoms with Gasteiger partial charge in [-0.25, -0.2) is 0 Å². The van der Waals surface area contributed by atoms with Crippen molar-refractivity contribution < 1.29 is 9.59 Å². The number of thioether (sulfide) groups is 1. The van der Waals surface area contributed by atoms with Crippen molar-refractivity contribution in [2.75, 3.05) is 19.3 Å². The van der Waals surface area contributed by atoms with E-state index in [4.69, 9.17) is 0 Å². The van der Waals surface area contributed by atoms with Gasteiger partial charge in [0, 0.05) is 26.3 Å². The van der Waals surface area contributed by atoms with Crippen molar-refractivity contribution in [1.29, 1.82) is 0 Å². The summed E-state index contributed by atoms with van der Waals surface area (Å²) < 4.78 is 0. The van der Waals surface area contributed by atoms with Crippen molar-refractivity contribution in [2.45, 2.75) is 6.92 Å². The molecule has 3 nitrogen and oxygen atoms in total. The average molecular weight is 161 g/mol. The zero-order valence-corrected chi connectivity index (χ0v) is 6.98. The van der Waals surface area contributed by atoms with Crippen molar-refractivity contribution in [3.05, 3.63) is 0 Å². The van der Waals surface area contributed by atoms with E-state index in [9.17, 15) is 9.59 Å². The Labute approximate surface area is 64.8 Å². The van der Waals surface area contributed by atoms with Crippen LogP contribution in [0.1, 0.15) is 6.92 Å². The fourth-order valence-electron chi connectivity index (χ4n) is 0.386. The smallest absolute Gasteiger partial charge is 0.209 e. The minimum absolute atomic E-state index is 0.0966. The lowest BCUT2D eigenvalue weighted by Gasteiger charge is -2.07. The summed E-state index contributed by atoms with van der Waals surface area (Å²) in [5.41, 5.74) is 0. The molecular formula is C6H11NO2S. The average Bonchev–Trinajstić information content (AvgIpc) is 1.87. The third-order valence-corrected chi connectivity index (χ3v) is 1.72. The summed E-state index contributed by atoms with van der Waals surface area (Å²) in [6.45, 7) is 2.15. The van der Waals surface area contributed by atoms with Gasteiger partial charge in [-0.05, 0) is 0 Å². The largest absolute Gasteiger partial charge is 0.347 e. The molecule has 0 unspecified atom stereocenters. The van der Waals surface area contributed by atoms with E-state index in [1.165, 1.54) is 23.6 Å². The number of rotatable bonds is 4. The number of hydrogen-bond donors (Lipinski definition) is 0. The second kappa shape index (κ2) is 5.29. The van der Waals surface area contributed by atoms with Crippen LogP contribution in [0.2, 0.25) is 0 Å². The van der Waals surface area contributed by atoms with E-state index in [1.807, 2.05) is 0 Å². The number of carbonyl (C=O) groups is 2. The molecule has 0 N–H and O–H groups in total. The zero-order valence-electron chi connectivity index (χ0n) is 6.16. The van der Waals surface area contributed by atoms with Gasteiger partial charge in [-0.1, -0.05) is 11.8 Å². The predicted molar refractivity (Wildman–Crippen MR) is 41.8 cm³/mol. The van der Waals surface area contributed by atoms with Crippen molar-refractivity contribution in [3.8, 4) is 0 Å². The maximum Gasteiger partial charge on any atom is 0.209 e. The molecule has 0 aromatic carbocycles. The fourth-order valence-corrected chi connectivity index (χ4v) is 1.05. The third kappa shape index (κ3) is 5.62. The summed E-state index contributed by atoms with van der Waals surface area (Å²) in [7, 11) is 1.69. The Kier molecular flexibility index (Phi) is 5.02. The van der Waals surface area contributed by atoms with E-state index in [2.05, 4.69) is 0 Å². The summed E-state index contributed by atoms with van der Waals surface area (Å²) >= 11 is 1.24. The minimum atomic E-state index is 0.0966. The molecule has 58 valence electrons. The SMILES string of the molecule is CC(=O)SCCN(C)C=O. The Morgan fingerprint density at radius 3 is 2.70 bits per heavy atom. The molecule has 0 spiro atoms. The van der Waals surface area contributed by atoms with E-state index >= 15 is 0 Å². The highest BCUT2D eigenvalue weighted by Gasteiger charge is 1.95. The Hall–Kier alpha value is -0.510. The molecule has 0 aliphatic heterocycles. The predicted octanol–water partition coefficient (Wildman–Crippen LogP) is 0.354. The molecule has 0 aromatic heterocycles. The number of carbonyl (C=O) groups excluding carboxylic acids is 2. The van der Waals surface area contributed by atoms with Gasteiger partial charge in [-0.2, -0.15) is 0 Å². The van der Waals surface area contributed by atoms with Crippen LogP contribution in [-0.4, -0.2) is 35.8 Å². The van der Waals surface area contributed by atoms with Crippen molar-refractivity contribution >= 4 is 23.3 Å². The molecule has 0 heterocycles. The van der Waals surface area contributed by atoms with Crippen LogP contribution >= 0.6 is 11.8 Å². The second-order valence-corrected chi connectivity index (χ2v) is 3.20. The van der Waals surface area contributed by atoms with E-state index in [-0.39, 0.29) is 5.12 Å². The first kappa shape index (κ1) is 9.49. The van der Waals surface area contributed by atoms with E-state index in [0.717, 1.165) is 6.41 Å². The molecule has 1 amide bonds. The first-order valence-corrected chi connectivity index (χ1v) is 3.94. The van der Waals surface area contributed by atoms with Crippen LogP contribution in [0.25, 0.3) is 0 Å². The molecule has 0 aliphatic carbocycles. The van der Waals surface area contributed by atoms with Gasteiger partial charge in [0.2, 0.25) is 6.41 Å².